The molecule has 0 fully saturated rings. The van der Waals surface area contributed by atoms with Gasteiger partial charge in [-0.3, -0.25) is 9.59 Å². The number of benzene rings is 2. The van der Waals surface area contributed by atoms with E-state index in [-0.39, 0.29) is 11.9 Å². The molecule has 4 rings (SSSR count). The molecule has 4 aromatic rings. The average Bonchev–Trinajstić information content (AvgIpc) is 3.48. The van der Waals surface area contributed by atoms with E-state index in [0.29, 0.717) is 22.7 Å². The molecule has 1 amide bonds. The summed E-state index contributed by atoms with van der Waals surface area (Å²) in [5, 5.41) is 3.99. The monoisotopic (exact) mass is 444 g/mol. The second-order valence-electron chi connectivity index (χ2n) is 7.48. The maximum atomic E-state index is 12.7. The Balaban J connectivity index is 1.57. The largest absolute Gasteiger partial charge is 0.493 e. The Labute approximate surface area is 190 Å². The zero-order chi connectivity index (χ0) is 23.4. The number of methoxy groups -OCH3 is 1. The smallest absolute Gasteiger partial charge is 0.308 e. The molecule has 0 radical (unpaired) electrons. The van der Waals surface area contributed by atoms with Gasteiger partial charge >= 0.3 is 5.97 Å². The number of hydrogen-bond donors (Lipinski definition) is 2. The Kier molecular flexibility index (Phi) is 6.26. The molecule has 0 saturated carbocycles. The molecule has 2 aromatic heterocycles. The first-order valence-corrected chi connectivity index (χ1v) is 10.4. The standard InChI is InChI=1S/C25H24N4O4/c1-16(21-14-26-15-27-21)29-12-11-19-5-4-6-20(25(19)29)28-24(31)10-8-18-7-9-22(32-3)23(13-18)33-17(2)30/h4-16H,1-3H3,(H,26,27)(H,28,31)/b10-8+. The van der Waals surface area contributed by atoms with Crippen LogP contribution in [0.4, 0.5) is 5.69 Å². The van der Waals surface area contributed by atoms with Crippen molar-refractivity contribution in [2.45, 2.75) is 19.9 Å². The minimum Gasteiger partial charge on any atom is -0.493 e. The summed E-state index contributed by atoms with van der Waals surface area (Å²) in [7, 11) is 1.49. The van der Waals surface area contributed by atoms with Gasteiger partial charge < -0.3 is 24.3 Å². The topological polar surface area (TPSA) is 98.2 Å². The number of aromatic nitrogens is 3. The number of aromatic amines is 1. The molecule has 2 N–H and O–H groups in total. The van der Waals surface area contributed by atoms with Crippen molar-refractivity contribution >= 4 is 34.5 Å². The lowest BCUT2D eigenvalue weighted by atomic mass is 10.1. The highest BCUT2D eigenvalue weighted by atomic mass is 16.6. The Morgan fingerprint density at radius 2 is 2.03 bits per heavy atom. The third-order valence-electron chi connectivity index (χ3n) is 5.25. The summed E-state index contributed by atoms with van der Waals surface area (Å²) < 4.78 is 12.5. The Bertz CT molecular complexity index is 1320. The number of hydrogen-bond acceptors (Lipinski definition) is 5. The summed E-state index contributed by atoms with van der Waals surface area (Å²) in [5.41, 5.74) is 3.28. The lowest BCUT2D eigenvalue weighted by Crippen LogP contribution is -2.11. The Hall–Kier alpha value is -4.33. The van der Waals surface area contributed by atoms with Gasteiger partial charge in [0.05, 0.1) is 42.6 Å². The predicted molar refractivity (Wildman–Crippen MR) is 126 cm³/mol. The number of imidazole rings is 1. The normalized spacial score (nSPS) is 12.1. The number of esters is 1. The van der Waals surface area contributed by atoms with E-state index in [1.54, 1.807) is 36.8 Å². The van der Waals surface area contributed by atoms with Gasteiger partial charge in [0.1, 0.15) is 0 Å². The minimum absolute atomic E-state index is 0.0117. The van der Waals surface area contributed by atoms with Crippen LogP contribution < -0.4 is 14.8 Å². The van der Waals surface area contributed by atoms with Gasteiger partial charge in [-0.15, -0.1) is 0 Å². The van der Waals surface area contributed by atoms with Gasteiger partial charge in [0.15, 0.2) is 11.5 Å². The summed E-state index contributed by atoms with van der Waals surface area (Å²) in [6, 6.07) is 12.9. The molecule has 2 heterocycles. The average molecular weight is 444 g/mol. The van der Waals surface area contributed by atoms with Crippen LogP contribution in [0.3, 0.4) is 0 Å². The lowest BCUT2D eigenvalue weighted by Gasteiger charge is -2.16. The number of para-hydroxylation sites is 1. The summed E-state index contributed by atoms with van der Waals surface area (Å²) in [4.78, 5) is 31.3. The fraction of sp³-hybridized carbons (Fsp3) is 0.160. The zero-order valence-electron chi connectivity index (χ0n) is 18.5. The van der Waals surface area contributed by atoms with E-state index in [2.05, 4.69) is 26.8 Å². The number of nitrogens with one attached hydrogen (secondary N) is 2. The minimum atomic E-state index is -0.451. The molecule has 8 heteroatoms. The first kappa shape index (κ1) is 21.9. The predicted octanol–water partition coefficient (Wildman–Crippen LogP) is 4.56. The number of carbonyl (C=O) groups excluding carboxylic acids is 2. The highest BCUT2D eigenvalue weighted by molar-refractivity contribution is 6.07. The molecular weight excluding hydrogens is 420 g/mol. The molecule has 1 unspecified atom stereocenters. The molecule has 0 aliphatic carbocycles. The first-order chi connectivity index (χ1) is 16.0. The van der Waals surface area contributed by atoms with Crippen LogP contribution >= 0.6 is 0 Å². The van der Waals surface area contributed by atoms with E-state index >= 15 is 0 Å². The number of H-pyrrole nitrogens is 1. The fourth-order valence-corrected chi connectivity index (χ4v) is 3.67. The summed E-state index contributed by atoms with van der Waals surface area (Å²) in [6.07, 6.45) is 8.52. The molecule has 0 aliphatic heterocycles. The quantitative estimate of drug-likeness (QED) is 0.247. The molecular formula is C25H24N4O4. The molecule has 0 aliphatic rings. The second kappa shape index (κ2) is 9.44. The fourth-order valence-electron chi connectivity index (χ4n) is 3.67. The second-order valence-corrected chi connectivity index (χ2v) is 7.48. The van der Waals surface area contributed by atoms with E-state index in [0.717, 1.165) is 16.6 Å². The van der Waals surface area contributed by atoms with Crippen LogP contribution in [-0.2, 0) is 9.59 Å². The summed E-state index contributed by atoms with van der Waals surface area (Å²) in [6.45, 7) is 3.38. The van der Waals surface area contributed by atoms with Crippen molar-refractivity contribution in [3.8, 4) is 11.5 Å². The third-order valence-corrected chi connectivity index (χ3v) is 5.25. The van der Waals surface area contributed by atoms with Crippen LogP contribution in [-0.4, -0.2) is 33.5 Å². The van der Waals surface area contributed by atoms with Crippen LogP contribution in [0.2, 0.25) is 0 Å². The van der Waals surface area contributed by atoms with Crippen molar-refractivity contribution in [3.05, 3.63) is 78.5 Å². The maximum Gasteiger partial charge on any atom is 0.308 e. The van der Waals surface area contributed by atoms with Gasteiger partial charge in [0.2, 0.25) is 5.91 Å². The summed E-state index contributed by atoms with van der Waals surface area (Å²) >= 11 is 0. The number of nitrogens with zero attached hydrogens (tertiary/aromatic N) is 2. The third kappa shape index (κ3) is 4.79. The van der Waals surface area contributed by atoms with Gasteiger partial charge in [0, 0.05) is 24.6 Å². The van der Waals surface area contributed by atoms with E-state index in [9.17, 15) is 9.59 Å². The Morgan fingerprint density at radius 1 is 1.18 bits per heavy atom. The van der Waals surface area contributed by atoms with Crippen LogP contribution in [0.15, 0.2) is 67.3 Å². The SMILES string of the molecule is COc1ccc(/C=C/C(=O)Nc2cccc3ccn(C(C)c4cnc[nH]4)c23)cc1OC(C)=O. The van der Waals surface area contributed by atoms with Gasteiger partial charge in [0.25, 0.3) is 0 Å². The van der Waals surface area contributed by atoms with Crippen molar-refractivity contribution in [2.24, 2.45) is 0 Å². The van der Waals surface area contributed by atoms with Gasteiger partial charge in [-0.05, 0) is 42.8 Å². The molecule has 1 atom stereocenters. The number of carbonyl (C=O) groups is 2. The molecule has 8 nitrogen and oxygen atoms in total. The van der Waals surface area contributed by atoms with Crippen molar-refractivity contribution in [2.75, 3.05) is 12.4 Å². The molecule has 168 valence electrons. The highest BCUT2D eigenvalue weighted by Gasteiger charge is 2.15. The molecule has 0 saturated heterocycles. The number of ether oxygens (including phenoxy) is 2. The van der Waals surface area contributed by atoms with E-state index < -0.39 is 5.97 Å². The number of amides is 1. The maximum absolute atomic E-state index is 12.7. The summed E-state index contributed by atoms with van der Waals surface area (Å²) in [5.74, 6) is -0.00417. The lowest BCUT2D eigenvalue weighted by molar-refractivity contribution is -0.132. The van der Waals surface area contributed by atoms with E-state index in [1.807, 2.05) is 30.5 Å². The van der Waals surface area contributed by atoms with Crippen molar-refractivity contribution < 1.29 is 19.1 Å². The first-order valence-electron chi connectivity index (χ1n) is 10.4. The van der Waals surface area contributed by atoms with Gasteiger partial charge in [-0.2, -0.15) is 0 Å². The molecule has 2 aromatic carbocycles. The number of rotatable bonds is 7. The van der Waals surface area contributed by atoms with Gasteiger partial charge in [-0.1, -0.05) is 18.2 Å². The van der Waals surface area contributed by atoms with Crippen molar-refractivity contribution in [3.63, 3.8) is 0 Å². The van der Waals surface area contributed by atoms with Crippen LogP contribution in [0.25, 0.3) is 17.0 Å². The number of anilines is 1. The number of fused-ring (bicyclic) bond motifs is 1. The van der Waals surface area contributed by atoms with Crippen molar-refractivity contribution in [1.82, 2.24) is 14.5 Å². The highest BCUT2D eigenvalue weighted by Crippen LogP contribution is 2.30. The van der Waals surface area contributed by atoms with Crippen LogP contribution in [0, 0.1) is 0 Å². The van der Waals surface area contributed by atoms with Crippen molar-refractivity contribution in [1.29, 1.82) is 0 Å². The van der Waals surface area contributed by atoms with Crippen LogP contribution in [0.1, 0.15) is 31.1 Å². The van der Waals surface area contributed by atoms with Gasteiger partial charge in [-0.25, -0.2) is 4.98 Å². The molecule has 0 spiro atoms. The van der Waals surface area contributed by atoms with E-state index in [1.165, 1.54) is 20.1 Å². The van der Waals surface area contributed by atoms with Crippen LogP contribution in [0.5, 0.6) is 11.5 Å². The zero-order valence-corrected chi connectivity index (χ0v) is 18.5. The Morgan fingerprint density at radius 3 is 2.76 bits per heavy atom. The van der Waals surface area contributed by atoms with E-state index in [4.69, 9.17) is 9.47 Å². The molecule has 0 bridgehead atoms. The molecule has 33 heavy (non-hydrogen) atoms.